The first-order valence-electron chi connectivity index (χ1n) is 5.72. The van der Waals surface area contributed by atoms with Gasteiger partial charge in [0.1, 0.15) is 11.6 Å². The molecule has 7 heteroatoms. The first-order chi connectivity index (χ1) is 8.82. The van der Waals surface area contributed by atoms with Gasteiger partial charge in [-0.2, -0.15) is 13.2 Å². The molecule has 1 unspecified atom stereocenters. The fourth-order valence-corrected chi connectivity index (χ4v) is 1.95. The largest absolute Gasteiger partial charge is 0.414 e. The summed E-state index contributed by atoms with van der Waals surface area (Å²) in [6, 6.07) is 3.84. The van der Waals surface area contributed by atoms with Crippen LogP contribution in [0.4, 0.5) is 17.6 Å². The lowest BCUT2D eigenvalue weighted by molar-refractivity contribution is -0.203. The van der Waals surface area contributed by atoms with Crippen LogP contribution in [0.1, 0.15) is 12.7 Å². The molecule has 0 saturated heterocycles. The number of hydrogen-bond donors (Lipinski definition) is 1. The third-order valence-electron chi connectivity index (χ3n) is 2.86. The second kappa shape index (κ2) is 4.80. The van der Waals surface area contributed by atoms with E-state index in [0.717, 1.165) is 6.07 Å². The molecule has 1 heterocycles. The molecular weight excluding hydrogens is 264 g/mol. The number of aliphatic hydroxyl groups is 1. The molecule has 2 aromatic rings. The Hall–Kier alpha value is -1.63. The molecule has 0 saturated carbocycles. The van der Waals surface area contributed by atoms with E-state index in [0.29, 0.717) is 12.1 Å². The molecule has 0 aliphatic rings. The molecule has 1 aromatic heterocycles. The van der Waals surface area contributed by atoms with E-state index in [-0.39, 0.29) is 11.3 Å². The zero-order valence-electron chi connectivity index (χ0n) is 10.1. The monoisotopic (exact) mass is 276 g/mol. The Labute approximate surface area is 106 Å². The van der Waals surface area contributed by atoms with E-state index in [1.165, 1.54) is 16.7 Å². The van der Waals surface area contributed by atoms with E-state index in [9.17, 15) is 17.6 Å². The van der Waals surface area contributed by atoms with Gasteiger partial charge in [0.2, 0.25) is 0 Å². The molecule has 0 fully saturated rings. The maximum atomic E-state index is 13.1. The molecule has 1 atom stereocenters. The van der Waals surface area contributed by atoms with Gasteiger partial charge >= 0.3 is 6.18 Å². The van der Waals surface area contributed by atoms with Crippen molar-refractivity contribution in [2.45, 2.75) is 32.2 Å². The van der Waals surface area contributed by atoms with Crippen LogP contribution in [-0.2, 0) is 13.0 Å². The van der Waals surface area contributed by atoms with Gasteiger partial charge in [0.25, 0.3) is 0 Å². The molecule has 104 valence electrons. The number of aryl methyl sites for hydroxylation is 1. The quantitative estimate of drug-likeness (QED) is 0.875. The molecule has 0 radical (unpaired) electrons. The van der Waals surface area contributed by atoms with E-state index >= 15 is 0 Å². The number of benzene rings is 1. The van der Waals surface area contributed by atoms with Crippen molar-refractivity contribution in [3.05, 3.63) is 29.8 Å². The highest BCUT2D eigenvalue weighted by molar-refractivity contribution is 5.76. The molecule has 1 aromatic carbocycles. The summed E-state index contributed by atoms with van der Waals surface area (Å²) in [5.41, 5.74) is 0.833. The normalized spacial score (nSPS) is 14.0. The van der Waals surface area contributed by atoms with Crippen molar-refractivity contribution < 1.29 is 22.7 Å². The van der Waals surface area contributed by atoms with Crippen molar-refractivity contribution in [2.24, 2.45) is 0 Å². The summed E-state index contributed by atoms with van der Waals surface area (Å²) < 4.78 is 51.6. The number of hydrogen-bond acceptors (Lipinski definition) is 2. The third-order valence-corrected chi connectivity index (χ3v) is 2.86. The molecule has 0 aliphatic carbocycles. The summed E-state index contributed by atoms with van der Waals surface area (Å²) in [5.74, 6) is -0.413. The standard InChI is InChI=1S/C12H12F4N2O/c1-2-18-9-4-3-7(13)5-8(9)17-11(18)6-10(19)12(14,15)16/h3-5,10,19H,2,6H2,1H3. The molecule has 0 bridgehead atoms. The lowest BCUT2D eigenvalue weighted by Crippen LogP contribution is -2.31. The maximum absolute atomic E-state index is 13.1. The summed E-state index contributed by atoms with van der Waals surface area (Å²) in [5, 5.41) is 9.09. The first-order valence-corrected chi connectivity index (χ1v) is 5.72. The zero-order valence-corrected chi connectivity index (χ0v) is 10.1. The summed E-state index contributed by atoms with van der Waals surface area (Å²) in [6.07, 6.45) is -7.81. The van der Waals surface area contributed by atoms with Gasteiger partial charge in [-0.05, 0) is 19.1 Å². The van der Waals surface area contributed by atoms with Crippen LogP contribution in [-0.4, -0.2) is 26.9 Å². The smallest absolute Gasteiger partial charge is 0.383 e. The van der Waals surface area contributed by atoms with E-state index in [4.69, 9.17) is 5.11 Å². The third kappa shape index (κ3) is 2.70. The fraction of sp³-hybridized carbons (Fsp3) is 0.417. The lowest BCUT2D eigenvalue weighted by Gasteiger charge is -2.14. The minimum Gasteiger partial charge on any atom is -0.383 e. The molecular formula is C12H12F4N2O. The average molecular weight is 276 g/mol. The van der Waals surface area contributed by atoms with Gasteiger partial charge in [0.05, 0.1) is 11.0 Å². The Balaban J connectivity index is 2.43. The Morgan fingerprint density at radius 1 is 1.37 bits per heavy atom. The summed E-state index contributed by atoms with van der Waals surface area (Å²) in [6.45, 7) is 2.13. The second-order valence-corrected chi connectivity index (χ2v) is 4.17. The minimum atomic E-state index is -4.69. The number of fused-ring (bicyclic) bond motifs is 1. The van der Waals surface area contributed by atoms with Crippen LogP contribution in [0.5, 0.6) is 0 Å². The van der Waals surface area contributed by atoms with Gasteiger partial charge in [-0.1, -0.05) is 0 Å². The molecule has 1 N–H and O–H groups in total. The van der Waals surface area contributed by atoms with Crippen LogP contribution in [0, 0.1) is 5.82 Å². The maximum Gasteiger partial charge on any atom is 0.414 e. The summed E-state index contributed by atoms with van der Waals surface area (Å²) >= 11 is 0. The molecule has 0 amide bonds. The van der Waals surface area contributed by atoms with Crippen molar-refractivity contribution in [3.8, 4) is 0 Å². The van der Waals surface area contributed by atoms with E-state index in [1.807, 2.05) is 0 Å². The van der Waals surface area contributed by atoms with E-state index in [2.05, 4.69) is 4.98 Å². The topological polar surface area (TPSA) is 38.0 Å². The van der Waals surface area contributed by atoms with Crippen LogP contribution in [0.2, 0.25) is 0 Å². The SMILES string of the molecule is CCn1c(CC(O)C(F)(F)F)nc2cc(F)ccc21. The summed E-state index contributed by atoms with van der Waals surface area (Å²) in [7, 11) is 0. The first kappa shape index (κ1) is 13.8. The zero-order chi connectivity index (χ0) is 14.2. The number of nitrogens with zero attached hydrogens (tertiary/aromatic N) is 2. The number of rotatable bonds is 3. The van der Waals surface area contributed by atoms with Gasteiger partial charge in [-0.15, -0.1) is 0 Å². The Kier molecular flexibility index (Phi) is 3.49. The van der Waals surface area contributed by atoms with Gasteiger partial charge in [-0.3, -0.25) is 0 Å². The second-order valence-electron chi connectivity index (χ2n) is 4.17. The Bertz CT molecular complexity index is 591. The number of halogens is 4. The van der Waals surface area contributed by atoms with Crippen LogP contribution in [0.25, 0.3) is 11.0 Å². The van der Waals surface area contributed by atoms with Gasteiger partial charge < -0.3 is 9.67 Å². The highest BCUT2D eigenvalue weighted by Gasteiger charge is 2.39. The predicted molar refractivity (Wildman–Crippen MR) is 61.1 cm³/mol. The molecule has 0 aliphatic heterocycles. The molecule has 19 heavy (non-hydrogen) atoms. The minimum absolute atomic E-state index is 0.0907. The van der Waals surface area contributed by atoms with E-state index in [1.54, 1.807) is 6.92 Å². The fourth-order valence-electron chi connectivity index (χ4n) is 1.95. The van der Waals surface area contributed by atoms with Gasteiger partial charge in [-0.25, -0.2) is 9.37 Å². The Morgan fingerprint density at radius 3 is 2.63 bits per heavy atom. The molecule has 2 rings (SSSR count). The summed E-state index contributed by atoms with van der Waals surface area (Å²) in [4.78, 5) is 3.96. The van der Waals surface area contributed by atoms with Gasteiger partial charge in [0, 0.05) is 19.0 Å². The van der Waals surface area contributed by atoms with Crippen molar-refractivity contribution in [1.29, 1.82) is 0 Å². The van der Waals surface area contributed by atoms with Crippen molar-refractivity contribution >= 4 is 11.0 Å². The highest BCUT2D eigenvalue weighted by Crippen LogP contribution is 2.25. The average Bonchev–Trinajstić information content (AvgIpc) is 2.63. The predicted octanol–water partition coefficient (Wildman–Crippen LogP) is 2.66. The van der Waals surface area contributed by atoms with Gasteiger partial charge in [0.15, 0.2) is 6.10 Å². The number of alkyl halides is 3. The van der Waals surface area contributed by atoms with Crippen LogP contribution < -0.4 is 0 Å². The van der Waals surface area contributed by atoms with Crippen molar-refractivity contribution in [1.82, 2.24) is 9.55 Å². The number of aromatic nitrogens is 2. The van der Waals surface area contributed by atoms with Crippen molar-refractivity contribution in [2.75, 3.05) is 0 Å². The van der Waals surface area contributed by atoms with Crippen LogP contribution in [0.3, 0.4) is 0 Å². The molecule has 3 nitrogen and oxygen atoms in total. The number of aliphatic hydroxyl groups excluding tert-OH is 1. The molecule has 0 spiro atoms. The van der Waals surface area contributed by atoms with Crippen molar-refractivity contribution in [3.63, 3.8) is 0 Å². The number of imidazole rings is 1. The van der Waals surface area contributed by atoms with E-state index < -0.39 is 24.5 Å². The lowest BCUT2D eigenvalue weighted by atomic mass is 10.2. The van der Waals surface area contributed by atoms with Crippen LogP contribution in [0.15, 0.2) is 18.2 Å². The Morgan fingerprint density at radius 2 is 2.05 bits per heavy atom. The van der Waals surface area contributed by atoms with Crippen LogP contribution >= 0.6 is 0 Å². The highest BCUT2D eigenvalue weighted by atomic mass is 19.4.